The highest BCUT2D eigenvalue weighted by molar-refractivity contribution is 5.83. The second-order valence-electron chi connectivity index (χ2n) is 6.29. The first-order valence-corrected chi connectivity index (χ1v) is 8.59. The molecule has 0 aromatic carbocycles. The minimum Gasteiger partial charge on any atom is -0.483 e. The molecule has 0 saturated heterocycles. The number of esters is 1. The van der Waals surface area contributed by atoms with Crippen LogP contribution in [0.25, 0.3) is 0 Å². The maximum absolute atomic E-state index is 11.5. The number of Topliss-reactive ketones (excluding diaryl/α,β-unsaturated/α-hetero) is 1. The van der Waals surface area contributed by atoms with Gasteiger partial charge in [-0.1, -0.05) is 27.2 Å². The molecule has 4 heteroatoms. The van der Waals surface area contributed by atoms with Crippen LogP contribution in [-0.4, -0.2) is 24.5 Å². The highest BCUT2D eigenvalue weighted by atomic mass is 16.5. The van der Waals surface area contributed by atoms with Gasteiger partial charge in [0.15, 0.2) is 0 Å². The van der Waals surface area contributed by atoms with Crippen molar-refractivity contribution in [3.8, 4) is 0 Å². The molecule has 0 aromatic heterocycles. The predicted octanol–water partition coefficient (Wildman–Crippen LogP) is 4.34. The van der Waals surface area contributed by atoms with Crippen molar-refractivity contribution in [2.75, 3.05) is 7.11 Å². The largest absolute Gasteiger partial charge is 0.483 e. The maximum atomic E-state index is 11.5. The molecule has 0 aromatic rings. The Morgan fingerprint density at radius 1 is 1.35 bits per heavy atom. The molecule has 2 atom stereocenters. The van der Waals surface area contributed by atoms with E-state index in [1.807, 2.05) is 0 Å². The van der Waals surface area contributed by atoms with Crippen molar-refractivity contribution in [1.82, 2.24) is 0 Å². The second-order valence-corrected chi connectivity index (χ2v) is 6.29. The lowest BCUT2D eigenvalue weighted by atomic mass is 9.83. The third-order valence-electron chi connectivity index (χ3n) is 4.61. The Kier molecular flexibility index (Phi) is 7.53. The summed E-state index contributed by atoms with van der Waals surface area (Å²) in [6.07, 6.45) is 8.65. The lowest BCUT2D eigenvalue weighted by Gasteiger charge is -2.30. The van der Waals surface area contributed by atoms with E-state index in [1.165, 1.54) is 13.2 Å². The Morgan fingerprint density at radius 3 is 2.52 bits per heavy atom. The number of ketones is 1. The lowest BCUT2D eigenvalue weighted by molar-refractivity contribution is -0.135. The molecule has 0 amide bonds. The van der Waals surface area contributed by atoms with Crippen molar-refractivity contribution < 1.29 is 19.1 Å². The lowest BCUT2D eigenvalue weighted by Crippen LogP contribution is -2.29. The van der Waals surface area contributed by atoms with Gasteiger partial charge in [0.2, 0.25) is 0 Å². The molecule has 1 heterocycles. The van der Waals surface area contributed by atoms with Crippen LogP contribution in [0.3, 0.4) is 0 Å². The van der Waals surface area contributed by atoms with Gasteiger partial charge in [-0.15, -0.1) is 0 Å². The first-order valence-electron chi connectivity index (χ1n) is 8.59. The summed E-state index contributed by atoms with van der Waals surface area (Å²) in [6.45, 7) is 7.95. The molecular formula is C19H30O4. The Labute approximate surface area is 139 Å². The number of rotatable bonds is 9. The molecule has 0 aliphatic carbocycles. The van der Waals surface area contributed by atoms with Crippen LogP contribution in [0.4, 0.5) is 0 Å². The number of ether oxygens (including phenoxy) is 2. The summed E-state index contributed by atoms with van der Waals surface area (Å²) in [4.78, 5) is 22.8. The topological polar surface area (TPSA) is 52.6 Å². The molecule has 0 bridgehead atoms. The SMILES string of the molecule is CCC1=C[C@@](CC)(C[C@@H](CC)CCC(C)=O)O/C1=C\C(=O)OC. The molecule has 0 radical (unpaired) electrons. The Hall–Kier alpha value is -1.58. The van der Waals surface area contributed by atoms with Crippen LogP contribution in [-0.2, 0) is 19.1 Å². The Morgan fingerprint density at radius 2 is 2.04 bits per heavy atom. The van der Waals surface area contributed by atoms with E-state index in [1.54, 1.807) is 6.92 Å². The number of hydrogen-bond donors (Lipinski definition) is 0. The summed E-state index contributed by atoms with van der Waals surface area (Å²) < 4.78 is 10.9. The van der Waals surface area contributed by atoms with Crippen molar-refractivity contribution >= 4 is 11.8 Å². The fraction of sp³-hybridized carbons (Fsp3) is 0.684. The zero-order valence-electron chi connectivity index (χ0n) is 15.1. The highest BCUT2D eigenvalue weighted by Gasteiger charge is 2.37. The van der Waals surface area contributed by atoms with Crippen molar-refractivity contribution in [2.24, 2.45) is 5.92 Å². The van der Waals surface area contributed by atoms with Crippen molar-refractivity contribution in [3.63, 3.8) is 0 Å². The molecule has 23 heavy (non-hydrogen) atoms. The van der Waals surface area contributed by atoms with Crippen LogP contribution < -0.4 is 0 Å². The molecule has 0 N–H and O–H groups in total. The number of methoxy groups -OCH3 is 1. The summed E-state index contributed by atoms with van der Waals surface area (Å²) in [5.41, 5.74) is 0.682. The first kappa shape index (κ1) is 19.5. The zero-order chi connectivity index (χ0) is 17.5. The van der Waals surface area contributed by atoms with Crippen LogP contribution in [0.2, 0.25) is 0 Å². The van der Waals surface area contributed by atoms with E-state index < -0.39 is 5.97 Å². The number of carbonyl (C=O) groups excluding carboxylic acids is 2. The summed E-state index contributed by atoms with van der Waals surface area (Å²) in [5, 5.41) is 0. The van der Waals surface area contributed by atoms with Gasteiger partial charge in [-0.05, 0) is 50.2 Å². The van der Waals surface area contributed by atoms with E-state index in [4.69, 9.17) is 9.47 Å². The van der Waals surface area contributed by atoms with E-state index in [0.29, 0.717) is 18.1 Å². The van der Waals surface area contributed by atoms with Crippen LogP contribution in [0.15, 0.2) is 23.5 Å². The third kappa shape index (κ3) is 5.52. The molecule has 1 aliphatic rings. The van der Waals surface area contributed by atoms with Gasteiger partial charge < -0.3 is 14.3 Å². The smallest absolute Gasteiger partial charge is 0.334 e. The quantitative estimate of drug-likeness (QED) is 0.468. The van der Waals surface area contributed by atoms with Gasteiger partial charge in [0.25, 0.3) is 0 Å². The minimum atomic E-state index is -0.394. The van der Waals surface area contributed by atoms with Gasteiger partial charge in [-0.3, -0.25) is 0 Å². The average Bonchev–Trinajstić information content (AvgIpc) is 2.89. The normalized spacial score (nSPS) is 23.3. The summed E-state index contributed by atoms with van der Waals surface area (Å²) in [6, 6.07) is 0. The summed E-state index contributed by atoms with van der Waals surface area (Å²) in [5.74, 6) is 0.903. The third-order valence-corrected chi connectivity index (χ3v) is 4.61. The monoisotopic (exact) mass is 322 g/mol. The molecule has 0 spiro atoms. The molecule has 0 saturated carbocycles. The molecule has 130 valence electrons. The number of carbonyl (C=O) groups is 2. The molecular weight excluding hydrogens is 292 g/mol. The van der Waals surface area contributed by atoms with Crippen molar-refractivity contribution in [1.29, 1.82) is 0 Å². The fourth-order valence-electron chi connectivity index (χ4n) is 3.03. The molecule has 1 rings (SSSR count). The average molecular weight is 322 g/mol. The van der Waals surface area contributed by atoms with Crippen molar-refractivity contribution in [3.05, 3.63) is 23.5 Å². The van der Waals surface area contributed by atoms with Gasteiger partial charge in [-0.25, -0.2) is 4.79 Å². The Bertz CT molecular complexity index is 490. The molecule has 4 nitrogen and oxygen atoms in total. The van der Waals surface area contributed by atoms with Crippen LogP contribution >= 0.6 is 0 Å². The zero-order valence-corrected chi connectivity index (χ0v) is 15.1. The fourth-order valence-corrected chi connectivity index (χ4v) is 3.03. The van der Waals surface area contributed by atoms with Crippen LogP contribution in [0, 0.1) is 5.92 Å². The minimum absolute atomic E-state index is 0.234. The second kappa shape index (κ2) is 8.90. The van der Waals surface area contributed by atoms with Gasteiger partial charge >= 0.3 is 5.97 Å². The van der Waals surface area contributed by atoms with Crippen LogP contribution in [0.5, 0.6) is 0 Å². The standard InChI is InChI=1S/C19H30O4/c1-6-15(10-9-14(4)20)12-19(8-3)13-16(7-2)17(23-19)11-18(21)22-5/h11,13,15H,6-10,12H2,1-5H3/b17-11-/t15-,19+/m0/s1. The van der Waals surface area contributed by atoms with E-state index in [0.717, 1.165) is 37.7 Å². The highest BCUT2D eigenvalue weighted by Crippen LogP contribution is 2.41. The summed E-state index contributed by atoms with van der Waals surface area (Å²) >= 11 is 0. The Balaban J connectivity index is 2.92. The van der Waals surface area contributed by atoms with Gasteiger partial charge in [0.1, 0.15) is 17.1 Å². The number of allylic oxidation sites excluding steroid dienone is 1. The van der Waals surface area contributed by atoms with Gasteiger partial charge in [-0.2, -0.15) is 0 Å². The first-order chi connectivity index (χ1) is 10.9. The molecule has 0 fully saturated rings. The van der Waals surface area contributed by atoms with Crippen molar-refractivity contribution in [2.45, 2.75) is 71.8 Å². The van der Waals surface area contributed by atoms with E-state index >= 15 is 0 Å². The van der Waals surface area contributed by atoms with E-state index in [2.05, 4.69) is 26.8 Å². The van der Waals surface area contributed by atoms with Crippen LogP contribution in [0.1, 0.15) is 66.2 Å². The maximum Gasteiger partial charge on any atom is 0.334 e. The summed E-state index contributed by atoms with van der Waals surface area (Å²) in [7, 11) is 1.37. The predicted molar refractivity (Wildman–Crippen MR) is 90.9 cm³/mol. The number of hydrogen-bond acceptors (Lipinski definition) is 4. The molecule has 1 aliphatic heterocycles. The van der Waals surface area contributed by atoms with E-state index in [9.17, 15) is 9.59 Å². The van der Waals surface area contributed by atoms with Gasteiger partial charge in [0.05, 0.1) is 13.2 Å². The van der Waals surface area contributed by atoms with E-state index in [-0.39, 0.29) is 11.4 Å². The van der Waals surface area contributed by atoms with Gasteiger partial charge in [0, 0.05) is 6.42 Å². The molecule has 0 unspecified atom stereocenters.